The molecule has 1 atom stereocenters. The predicted molar refractivity (Wildman–Crippen MR) is 70.9 cm³/mol. The van der Waals surface area contributed by atoms with E-state index in [1.807, 2.05) is 0 Å². The Morgan fingerprint density at radius 3 is 2.39 bits per heavy atom. The number of ether oxygens (including phenoxy) is 2. The summed E-state index contributed by atoms with van der Waals surface area (Å²) in [6.07, 6.45) is -5.48. The molecule has 1 N–H and O–H groups in total. The SMILES string of the molecule is COc1ccc(OC)c2c1CN(C(=O)C(F)(F)C(F)F)C[C@@H]2O. The minimum atomic E-state index is -4.82. The van der Waals surface area contributed by atoms with Crippen molar-refractivity contribution in [3.05, 3.63) is 23.3 Å². The number of fused-ring (bicyclic) bond motifs is 1. The van der Waals surface area contributed by atoms with E-state index in [9.17, 15) is 27.5 Å². The highest BCUT2D eigenvalue weighted by Crippen LogP contribution is 2.40. The number of hydrogen-bond donors (Lipinski definition) is 1. The van der Waals surface area contributed by atoms with E-state index in [0.29, 0.717) is 10.6 Å². The summed E-state index contributed by atoms with van der Waals surface area (Å²) in [5.74, 6) is -6.33. The maximum absolute atomic E-state index is 13.3. The molecule has 1 aliphatic heterocycles. The molecule has 0 aliphatic carbocycles. The number of alkyl halides is 4. The molecule has 1 aromatic rings. The number of nitrogens with zero attached hydrogens (tertiary/aromatic N) is 1. The number of halogens is 4. The number of hydrogen-bond acceptors (Lipinski definition) is 4. The summed E-state index contributed by atoms with van der Waals surface area (Å²) >= 11 is 0. The number of β-amino-alcohol motifs (C(OH)–C–C–N with tert-alkyl or cyclic N) is 1. The van der Waals surface area contributed by atoms with Gasteiger partial charge in [0.05, 0.1) is 27.3 Å². The average Bonchev–Trinajstić information content (AvgIpc) is 2.52. The first kappa shape index (κ1) is 17.3. The van der Waals surface area contributed by atoms with Crippen LogP contribution in [0.2, 0.25) is 0 Å². The summed E-state index contributed by atoms with van der Waals surface area (Å²) in [6.45, 7) is -0.939. The van der Waals surface area contributed by atoms with Crippen molar-refractivity contribution in [3.63, 3.8) is 0 Å². The van der Waals surface area contributed by atoms with Crippen LogP contribution in [0.25, 0.3) is 0 Å². The van der Waals surface area contributed by atoms with E-state index in [-0.39, 0.29) is 16.9 Å². The summed E-state index contributed by atoms with van der Waals surface area (Å²) in [4.78, 5) is 12.2. The van der Waals surface area contributed by atoms with Gasteiger partial charge >= 0.3 is 12.3 Å². The van der Waals surface area contributed by atoms with Gasteiger partial charge in [0.25, 0.3) is 5.91 Å². The fourth-order valence-corrected chi connectivity index (χ4v) is 2.54. The second-order valence-corrected chi connectivity index (χ2v) is 4.99. The molecule has 0 bridgehead atoms. The fourth-order valence-electron chi connectivity index (χ4n) is 2.54. The van der Waals surface area contributed by atoms with Gasteiger partial charge in [0.2, 0.25) is 0 Å². The molecular formula is C14H15F4NO4. The van der Waals surface area contributed by atoms with Crippen molar-refractivity contribution in [3.8, 4) is 11.5 Å². The number of amides is 1. The summed E-state index contributed by atoms with van der Waals surface area (Å²) in [6, 6.07) is 3.00. The number of rotatable bonds is 4. The molecule has 0 saturated heterocycles. The standard InChI is InChI=1S/C14H15F4NO4/c1-22-9-3-4-10(23-2)11-7(9)5-19(6-8(11)20)13(21)14(17,18)12(15)16/h3-4,8,12,20H,5-6H2,1-2H3/t8-/m0/s1. The van der Waals surface area contributed by atoms with Crippen LogP contribution in [0.15, 0.2) is 12.1 Å². The highest BCUT2D eigenvalue weighted by molar-refractivity contribution is 5.84. The van der Waals surface area contributed by atoms with E-state index < -0.39 is 37.4 Å². The second-order valence-electron chi connectivity index (χ2n) is 4.99. The van der Waals surface area contributed by atoms with Gasteiger partial charge in [0.15, 0.2) is 0 Å². The lowest BCUT2D eigenvalue weighted by Crippen LogP contribution is -2.50. The molecule has 0 radical (unpaired) electrons. The Kier molecular flexibility index (Phi) is 4.69. The van der Waals surface area contributed by atoms with Crippen molar-refractivity contribution in [1.29, 1.82) is 0 Å². The van der Waals surface area contributed by atoms with Gasteiger partial charge in [0, 0.05) is 11.1 Å². The number of aliphatic hydroxyl groups excluding tert-OH is 1. The molecule has 0 saturated carbocycles. The largest absolute Gasteiger partial charge is 0.496 e. The van der Waals surface area contributed by atoms with Gasteiger partial charge in [-0.2, -0.15) is 8.78 Å². The molecule has 1 heterocycles. The van der Waals surface area contributed by atoms with Gasteiger partial charge in [-0.25, -0.2) is 8.78 Å². The van der Waals surface area contributed by atoms with Crippen LogP contribution in [0.5, 0.6) is 11.5 Å². The van der Waals surface area contributed by atoms with E-state index >= 15 is 0 Å². The molecule has 23 heavy (non-hydrogen) atoms. The third-order valence-corrected chi connectivity index (χ3v) is 3.64. The van der Waals surface area contributed by atoms with E-state index in [2.05, 4.69) is 0 Å². The lowest BCUT2D eigenvalue weighted by Gasteiger charge is -2.35. The van der Waals surface area contributed by atoms with Crippen molar-refractivity contribution in [2.75, 3.05) is 20.8 Å². The average molecular weight is 337 g/mol. The van der Waals surface area contributed by atoms with Crippen LogP contribution in [0.1, 0.15) is 17.2 Å². The Bertz CT molecular complexity index is 609. The zero-order valence-electron chi connectivity index (χ0n) is 12.4. The van der Waals surface area contributed by atoms with E-state index in [0.717, 1.165) is 0 Å². The van der Waals surface area contributed by atoms with Crippen LogP contribution < -0.4 is 9.47 Å². The van der Waals surface area contributed by atoms with Gasteiger partial charge in [-0.1, -0.05) is 0 Å². The molecular weight excluding hydrogens is 322 g/mol. The van der Waals surface area contributed by atoms with E-state index in [1.165, 1.54) is 26.4 Å². The topological polar surface area (TPSA) is 59.0 Å². The van der Waals surface area contributed by atoms with Crippen LogP contribution in [0, 0.1) is 0 Å². The highest BCUT2D eigenvalue weighted by Gasteiger charge is 2.52. The smallest absolute Gasteiger partial charge is 0.383 e. The quantitative estimate of drug-likeness (QED) is 0.854. The van der Waals surface area contributed by atoms with E-state index in [4.69, 9.17) is 9.47 Å². The van der Waals surface area contributed by atoms with Crippen molar-refractivity contribution in [1.82, 2.24) is 4.90 Å². The first-order valence-electron chi connectivity index (χ1n) is 6.61. The molecule has 9 heteroatoms. The number of aliphatic hydroxyl groups is 1. The molecule has 1 aliphatic rings. The third kappa shape index (κ3) is 2.92. The Morgan fingerprint density at radius 2 is 1.87 bits per heavy atom. The number of carbonyl (C=O) groups is 1. The van der Waals surface area contributed by atoms with Crippen LogP contribution in [-0.4, -0.2) is 49.0 Å². The predicted octanol–water partition coefficient (Wildman–Crippen LogP) is 1.98. The molecule has 1 amide bonds. The van der Waals surface area contributed by atoms with Crippen LogP contribution in [-0.2, 0) is 11.3 Å². The molecule has 0 fully saturated rings. The maximum atomic E-state index is 13.3. The summed E-state index contributed by atoms with van der Waals surface area (Å²) in [7, 11) is 2.68. The Hall–Kier alpha value is -2.03. The molecule has 1 aromatic carbocycles. The van der Waals surface area contributed by atoms with Gasteiger partial charge in [-0.3, -0.25) is 4.79 Å². The number of carbonyl (C=O) groups excluding carboxylic acids is 1. The van der Waals surface area contributed by atoms with Crippen LogP contribution >= 0.6 is 0 Å². The van der Waals surface area contributed by atoms with Crippen molar-refractivity contribution >= 4 is 5.91 Å². The Balaban J connectivity index is 2.43. The first-order valence-corrected chi connectivity index (χ1v) is 6.61. The lowest BCUT2D eigenvalue weighted by molar-refractivity contribution is -0.183. The number of methoxy groups -OCH3 is 2. The van der Waals surface area contributed by atoms with E-state index in [1.54, 1.807) is 0 Å². The normalized spacial score (nSPS) is 17.9. The zero-order chi connectivity index (χ0) is 17.4. The summed E-state index contributed by atoms with van der Waals surface area (Å²) < 4.78 is 61.5. The first-order chi connectivity index (χ1) is 10.7. The van der Waals surface area contributed by atoms with Crippen molar-refractivity contribution in [2.24, 2.45) is 0 Å². The molecule has 0 unspecified atom stereocenters. The van der Waals surface area contributed by atoms with Gasteiger partial charge in [-0.15, -0.1) is 0 Å². The monoisotopic (exact) mass is 337 g/mol. The zero-order valence-corrected chi connectivity index (χ0v) is 12.4. The van der Waals surface area contributed by atoms with Crippen molar-refractivity contribution < 1.29 is 36.9 Å². The van der Waals surface area contributed by atoms with Gasteiger partial charge < -0.3 is 19.5 Å². The van der Waals surface area contributed by atoms with Gasteiger partial charge in [0.1, 0.15) is 17.6 Å². The van der Waals surface area contributed by atoms with Gasteiger partial charge in [-0.05, 0) is 12.1 Å². The second kappa shape index (κ2) is 6.23. The molecule has 2 rings (SSSR count). The summed E-state index contributed by atoms with van der Waals surface area (Å²) in [5, 5.41) is 10.2. The van der Waals surface area contributed by atoms with Crippen molar-refractivity contribution in [2.45, 2.75) is 25.0 Å². The summed E-state index contributed by atoms with van der Waals surface area (Å²) in [5.41, 5.74) is 0.528. The third-order valence-electron chi connectivity index (χ3n) is 3.64. The van der Waals surface area contributed by atoms with Crippen LogP contribution in [0.4, 0.5) is 17.6 Å². The lowest BCUT2D eigenvalue weighted by atomic mass is 9.94. The minimum absolute atomic E-state index is 0.234. The number of benzene rings is 1. The molecule has 5 nitrogen and oxygen atoms in total. The Morgan fingerprint density at radius 1 is 1.30 bits per heavy atom. The highest BCUT2D eigenvalue weighted by atomic mass is 19.3. The molecule has 0 aromatic heterocycles. The molecule has 128 valence electrons. The maximum Gasteiger partial charge on any atom is 0.383 e. The fraction of sp³-hybridized carbons (Fsp3) is 0.500. The Labute approximate surface area is 129 Å². The minimum Gasteiger partial charge on any atom is -0.496 e. The molecule has 0 spiro atoms. The van der Waals surface area contributed by atoms with Crippen LogP contribution in [0.3, 0.4) is 0 Å².